The number of halogens is 3. The second-order valence-electron chi connectivity index (χ2n) is 4.96. The van der Waals surface area contributed by atoms with Gasteiger partial charge in [0.25, 0.3) is 0 Å². The van der Waals surface area contributed by atoms with Gasteiger partial charge in [0, 0.05) is 6.08 Å². The summed E-state index contributed by atoms with van der Waals surface area (Å²) >= 11 is 0. The molecule has 1 aliphatic heterocycles. The minimum atomic E-state index is -5.77. The van der Waals surface area contributed by atoms with Crippen LogP contribution in [-0.4, -0.2) is 13.9 Å². The Balaban J connectivity index is 2.05. The summed E-state index contributed by atoms with van der Waals surface area (Å²) in [4.78, 5) is 0. The molecule has 2 aromatic rings. The van der Waals surface area contributed by atoms with Crippen LogP contribution >= 0.6 is 0 Å². The number of fused-ring (bicyclic) bond motifs is 1. The normalized spacial score (nSPS) is 17.5. The lowest BCUT2D eigenvalue weighted by atomic mass is 10.0. The van der Waals surface area contributed by atoms with Crippen molar-refractivity contribution in [2.45, 2.75) is 11.6 Å². The minimum absolute atomic E-state index is 0.137. The van der Waals surface area contributed by atoms with Crippen LogP contribution in [0.1, 0.15) is 17.2 Å². The molecule has 0 spiro atoms. The summed E-state index contributed by atoms with van der Waals surface area (Å²) in [7, 11) is -5.77. The zero-order valence-electron chi connectivity index (χ0n) is 12.0. The second-order valence-corrected chi connectivity index (χ2v) is 6.50. The fraction of sp³-hybridized carbons (Fsp3) is 0.125. The first-order valence-electron chi connectivity index (χ1n) is 6.81. The molecule has 0 amide bonds. The molecule has 0 saturated heterocycles. The third-order valence-corrected chi connectivity index (χ3v) is 4.29. The quantitative estimate of drug-likeness (QED) is 0.616. The third kappa shape index (κ3) is 3.09. The van der Waals surface area contributed by atoms with Crippen LogP contribution in [0.25, 0.3) is 5.76 Å². The Kier molecular flexibility index (Phi) is 4.00. The monoisotopic (exact) mass is 356 g/mol. The van der Waals surface area contributed by atoms with Crippen molar-refractivity contribution in [2.24, 2.45) is 0 Å². The van der Waals surface area contributed by atoms with Crippen molar-refractivity contribution in [3.05, 3.63) is 71.8 Å². The molecule has 3 rings (SSSR count). The number of rotatable bonds is 3. The standard InChI is InChI=1S/C16H11F3O4S/c17-16(18,19)24(20,21)23-15-10-14(11-6-2-1-3-7-11)22-13-9-5-4-8-12(13)15/h1-10,14H. The van der Waals surface area contributed by atoms with Gasteiger partial charge in [-0.1, -0.05) is 42.5 Å². The van der Waals surface area contributed by atoms with E-state index in [-0.39, 0.29) is 11.3 Å². The van der Waals surface area contributed by atoms with Crippen LogP contribution in [0.3, 0.4) is 0 Å². The molecule has 24 heavy (non-hydrogen) atoms. The molecule has 0 fully saturated rings. The van der Waals surface area contributed by atoms with Gasteiger partial charge in [0.15, 0.2) is 5.76 Å². The summed E-state index contributed by atoms with van der Waals surface area (Å²) in [5.41, 5.74) is -4.72. The van der Waals surface area contributed by atoms with Crippen molar-refractivity contribution in [1.82, 2.24) is 0 Å². The largest absolute Gasteiger partial charge is 0.534 e. The Morgan fingerprint density at radius 2 is 1.58 bits per heavy atom. The summed E-state index contributed by atoms with van der Waals surface area (Å²) in [5, 5.41) is 0. The minimum Gasteiger partial charge on any atom is -0.481 e. The third-order valence-electron chi connectivity index (χ3n) is 3.32. The molecule has 0 radical (unpaired) electrons. The highest BCUT2D eigenvalue weighted by atomic mass is 32.2. The summed E-state index contributed by atoms with van der Waals surface area (Å²) in [6, 6.07) is 14.8. The Hall–Kier alpha value is -2.48. The first kappa shape index (κ1) is 16.4. The van der Waals surface area contributed by atoms with E-state index >= 15 is 0 Å². The average Bonchev–Trinajstić information content (AvgIpc) is 2.54. The first-order chi connectivity index (χ1) is 11.3. The Morgan fingerprint density at radius 1 is 0.958 bits per heavy atom. The molecule has 0 bridgehead atoms. The lowest BCUT2D eigenvalue weighted by Crippen LogP contribution is -2.26. The molecule has 8 heteroatoms. The SMILES string of the molecule is O=S(=O)(OC1=CC(c2ccccc2)Oc2ccccc21)C(F)(F)F. The van der Waals surface area contributed by atoms with Crippen LogP contribution in [0.4, 0.5) is 13.2 Å². The molecule has 0 aromatic heterocycles. The predicted molar refractivity (Wildman–Crippen MR) is 80.3 cm³/mol. The number of para-hydroxylation sites is 1. The van der Waals surface area contributed by atoms with E-state index in [1.54, 1.807) is 42.5 Å². The van der Waals surface area contributed by atoms with Gasteiger partial charge in [-0.05, 0) is 17.7 Å². The molecule has 1 aliphatic rings. The fourth-order valence-corrected chi connectivity index (χ4v) is 2.69. The van der Waals surface area contributed by atoms with Gasteiger partial charge < -0.3 is 8.92 Å². The molecule has 1 heterocycles. The number of benzene rings is 2. The molecular formula is C16H11F3O4S. The van der Waals surface area contributed by atoms with Gasteiger partial charge in [-0.2, -0.15) is 21.6 Å². The van der Waals surface area contributed by atoms with Crippen LogP contribution in [-0.2, 0) is 14.3 Å². The summed E-state index contributed by atoms with van der Waals surface area (Å²) < 4.78 is 70.6. The van der Waals surface area contributed by atoms with Gasteiger partial charge in [0.1, 0.15) is 11.9 Å². The highest BCUT2D eigenvalue weighted by molar-refractivity contribution is 7.87. The van der Waals surface area contributed by atoms with E-state index in [1.807, 2.05) is 0 Å². The van der Waals surface area contributed by atoms with E-state index in [1.165, 1.54) is 18.2 Å². The Morgan fingerprint density at radius 3 is 2.25 bits per heavy atom. The highest BCUT2D eigenvalue weighted by Gasteiger charge is 2.49. The first-order valence-corrected chi connectivity index (χ1v) is 8.22. The Bertz CT molecular complexity index is 874. The van der Waals surface area contributed by atoms with Crippen molar-refractivity contribution in [3.63, 3.8) is 0 Å². The molecule has 1 unspecified atom stereocenters. The van der Waals surface area contributed by atoms with E-state index < -0.39 is 27.5 Å². The van der Waals surface area contributed by atoms with E-state index in [9.17, 15) is 21.6 Å². The molecule has 126 valence electrons. The number of hydrogen-bond acceptors (Lipinski definition) is 4. The lowest BCUT2D eigenvalue weighted by molar-refractivity contribution is -0.0510. The molecule has 0 saturated carbocycles. The van der Waals surface area contributed by atoms with Gasteiger partial charge in [-0.3, -0.25) is 0 Å². The van der Waals surface area contributed by atoms with Crippen molar-refractivity contribution in [2.75, 3.05) is 0 Å². The molecule has 1 atom stereocenters. The summed E-state index contributed by atoms with van der Waals surface area (Å²) in [5.74, 6) is -0.177. The number of ether oxygens (including phenoxy) is 1. The maximum Gasteiger partial charge on any atom is 0.534 e. The predicted octanol–water partition coefficient (Wildman–Crippen LogP) is 4.03. The molecule has 2 aromatic carbocycles. The van der Waals surface area contributed by atoms with Crippen molar-refractivity contribution < 1.29 is 30.5 Å². The Labute approximate surface area is 136 Å². The second kappa shape index (κ2) is 5.86. The summed E-state index contributed by atoms with van der Waals surface area (Å²) in [6.07, 6.45) is 0.445. The van der Waals surface area contributed by atoms with Crippen LogP contribution in [0.15, 0.2) is 60.7 Å². The molecule has 0 aliphatic carbocycles. The maximum atomic E-state index is 12.6. The zero-order chi connectivity index (χ0) is 17.4. The smallest absolute Gasteiger partial charge is 0.481 e. The van der Waals surface area contributed by atoms with Crippen LogP contribution in [0.2, 0.25) is 0 Å². The van der Waals surface area contributed by atoms with E-state index in [2.05, 4.69) is 4.18 Å². The molecule has 4 nitrogen and oxygen atoms in total. The average molecular weight is 356 g/mol. The topological polar surface area (TPSA) is 52.6 Å². The van der Waals surface area contributed by atoms with E-state index in [0.29, 0.717) is 5.56 Å². The van der Waals surface area contributed by atoms with Gasteiger partial charge in [0.05, 0.1) is 5.56 Å². The van der Waals surface area contributed by atoms with E-state index in [0.717, 1.165) is 0 Å². The molecule has 0 N–H and O–H groups in total. The summed E-state index contributed by atoms with van der Waals surface area (Å²) in [6.45, 7) is 0. The lowest BCUT2D eigenvalue weighted by Gasteiger charge is -2.25. The number of alkyl halides is 3. The van der Waals surface area contributed by atoms with Crippen LogP contribution in [0, 0.1) is 0 Å². The van der Waals surface area contributed by atoms with Crippen molar-refractivity contribution >= 4 is 15.9 Å². The van der Waals surface area contributed by atoms with E-state index in [4.69, 9.17) is 4.74 Å². The van der Waals surface area contributed by atoms with Crippen LogP contribution < -0.4 is 4.74 Å². The maximum absolute atomic E-state index is 12.6. The fourth-order valence-electron chi connectivity index (χ4n) is 2.22. The van der Waals surface area contributed by atoms with Gasteiger partial charge >= 0.3 is 15.6 Å². The van der Waals surface area contributed by atoms with Gasteiger partial charge in [0.2, 0.25) is 0 Å². The van der Waals surface area contributed by atoms with Gasteiger partial charge in [-0.25, -0.2) is 0 Å². The molecular weight excluding hydrogens is 345 g/mol. The van der Waals surface area contributed by atoms with Crippen molar-refractivity contribution in [1.29, 1.82) is 0 Å². The number of hydrogen-bond donors (Lipinski definition) is 0. The van der Waals surface area contributed by atoms with Crippen LogP contribution in [0.5, 0.6) is 5.75 Å². The van der Waals surface area contributed by atoms with Gasteiger partial charge in [-0.15, -0.1) is 0 Å². The highest BCUT2D eigenvalue weighted by Crippen LogP contribution is 2.40. The van der Waals surface area contributed by atoms with Crippen molar-refractivity contribution in [3.8, 4) is 5.75 Å². The zero-order valence-corrected chi connectivity index (χ0v) is 12.8.